The van der Waals surface area contributed by atoms with Crippen molar-refractivity contribution in [3.05, 3.63) is 34.9 Å². The summed E-state index contributed by atoms with van der Waals surface area (Å²) in [6.45, 7) is 3.27. The Labute approximate surface area is 122 Å². The molecule has 1 fully saturated rings. The van der Waals surface area contributed by atoms with E-state index in [0.717, 1.165) is 23.9 Å². The zero-order chi connectivity index (χ0) is 13.5. The fourth-order valence-electron chi connectivity index (χ4n) is 3.30. The molecule has 1 unspecified atom stereocenters. The average molecular weight is 280 g/mol. The van der Waals surface area contributed by atoms with E-state index in [-0.39, 0.29) is 0 Å². The van der Waals surface area contributed by atoms with E-state index in [4.69, 9.17) is 11.6 Å². The van der Waals surface area contributed by atoms with Gasteiger partial charge < -0.3 is 5.32 Å². The number of rotatable bonds is 5. The molecular formula is C17H26ClN. The molecule has 0 spiro atoms. The normalized spacial score (nSPS) is 19.1. The van der Waals surface area contributed by atoms with Gasteiger partial charge in [0.1, 0.15) is 0 Å². The molecule has 0 aliphatic heterocycles. The highest BCUT2D eigenvalue weighted by Crippen LogP contribution is 2.27. The van der Waals surface area contributed by atoms with Crippen LogP contribution in [0.2, 0.25) is 5.02 Å². The van der Waals surface area contributed by atoms with Crippen molar-refractivity contribution >= 4 is 11.6 Å². The summed E-state index contributed by atoms with van der Waals surface area (Å²) in [5, 5.41) is 4.56. The monoisotopic (exact) mass is 279 g/mol. The molecule has 1 saturated carbocycles. The van der Waals surface area contributed by atoms with Crippen LogP contribution < -0.4 is 5.32 Å². The molecule has 1 nitrogen and oxygen atoms in total. The molecule has 2 heteroatoms. The minimum absolute atomic E-state index is 0.613. The Morgan fingerprint density at radius 3 is 2.58 bits per heavy atom. The van der Waals surface area contributed by atoms with Crippen LogP contribution in [0, 0.1) is 5.92 Å². The third-order valence-electron chi connectivity index (χ3n) is 4.28. The first-order valence-corrected chi connectivity index (χ1v) is 8.15. The predicted molar refractivity (Wildman–Crippen MR) is 83.8 cm³/mol. The quantitative estimate of drug-likeness (QED) is 0.761. The fraction of sp³-hybridized carbons (Fsp3) is 0.647. The van der Waals surface area contributed by atoms with E-state index in [0.29, 0.717) is 6.04 Å². The van der Waals surface area contributed by atoms with Gasteiger partial charge in [0, 0.05) is 11.1 Å². The number of hydrogen-bond donors (Lipinski definition) is 1. The van der Waals surface area contributed by atoms with Crippen molar-refractivity contribution < 1.29 is 0 Å². The van der Waals surface area contributed by atoms with Crippen LogP contribution in [0.5, 0.6) is 0 Å². The molecule has 0 heterocycles. The topological polar surface area (TPSA) is 12.0 Å². The number of halogens is 1. The predicted octanol–water partition coefficient (Wildman–Crippen LogP) is 4.83. The zero-order valence-electron chi connectivity index (χ0n) is 12.0. The summed E-state index contributed by atoms with van der Waals surface area (Å²) in [5.74, 6) is 0.835. The van der Waals surface area contributed by atoms with Crippen LogP contribution in [0.15, 0.2) is 24.3 Å². The molecule has 0 bridgehead atoms. The molecular weight excluding hydrogens is 254 g/mol. The summed E-state index contributed by atoms with van der Waals surface area (Å²) >= 11 is 6.10. The van der Waals surface area contributed by atoms with Crippen LogP contribution >= 0.6 is 11.6 Å². The Hall–Kier alpha value is -0.530. The van der Waals surface area contributed by atoms with Crippen LogP contribution in [-0.4, -0.2) is 12.6 Å². The summed E-state index contributed by atoms with van der Waals surface area (Å²) in [4.78, 5) is 0. The maximum atomic E-state index is 6.10. The Morgan fingerprint density at radius 2 is 1.95 bits per heavy atom. The first kappa shape index (κ1) is 14.9. The third-order valence-corrected chi connectivity index (χ3v) is 4.51. The standard InChI is InChI=1S/C17H26ClN/c1-2-19-17(15-9-5-3-4-6-10-15)13-14-8-7-11-16(18)12-14/h7-8,11-12,15,17,19H,2-6,9-10,13H2,1H3. The molecule has 19 heavy (non-hydrogen) atoms. The van der Waals surface area contributed by atoms with E-state index in [2.05, 4.69) is 30.4 Å². The van der Waals surface area contributed by atoms with Gasteiger partial charge in [0.2, 0.25) is 0 Å². The third kappa shape index (κ3) is 4.81. The lowest BCUT2D eigenvalue weighted by atomic mass is 9.87. The van der Waals surface area contributed by atoms with Crippen molar-refractivity contribution in [2.45, 2.75) is 57.9 Å². The van der Waals surface area contributed by atoms with Crippen molar-refractivity contribution in [2.75, 3.05) is 6.54 Å². The van der Waals surface area contributed by atoms with Crippen molar-refractivity contribution in [1.29, 1.82) is 0 Å². The van der Waals surface area contributed by atoms with Gasteiger partial charge in [-0.1, -0.05) is 56.3 Å². The SMILES string of the molecule is CCNC(Cc1cccc(Cl)c1)C1CCCCCC1. The minimum atomic E-state index is 0.613. The van der Waals surface area contributed by atoms with Gasteiger partial charge in [0.25, 0.3) is 0 Å². The highest BCUT2D eigenvalue weighted by atomic mass is 35.5. The van der Waals surface area contributed by atoms with Crippen molar-refractivity contribution in [2.24, 2.45) is 5.92 Å². The Bertz CT molecular complexity index is 369. The highest BCUT2D eigenvalue weighted by molar-refractivity contribution is 6.30. The molecule has 0 radical (unpaired) electrons. The van der Waals surface area contributed by atoms with Gasteiger partial charge in [-0.25, -0.2) is 0 Å². The maximum absolute atomic E-state index is 6.10. The lowest BCUT2D eigenvalue weighted by molar-refractivity contribution is 0.321. The fourth-order valence-corrected chi connectivity index (χ4v) is 3.51. The number of hydrogen-bond acceptors (Lipinski definition) is 1. The lowest BCUT2D eigenvalue weighted by Gasteiger charge is -2.27. The molecule has 106 valence electrons. The van der Waals surface area contributed by atoms with E-state index in [9.17, 15) is 0 Å². The minimum Gasteiger partial charge on any atom is -0.314 e. The molecule has 1 aliphatic rings. The second kappa shape index (κ2) is 7.91. The summed E-state index contributed by atoms with van der Waals surface area (Å²) in [6.07, 6.45) is 9.54. The highest BCUT2D eigenvalue weighted by Gasteiger charge is 2.22. The van der Waals surface area contributed by atoms with Crippen molar-refractivity contribution in [3.8, 4) is 0 Å². The molecule has 0 saturated heterocycles. The molecule has 1 aliphatic carbocycles. The van der Waals surface area contributed by atoms with Gasteiger partial charge in [-0.05, 0) is 49.4 Å². The van der Waals surface area contributed by atoms with Crippen molar-refractivity contribution in [1.82, 2.24) is 5.32 Å². The van der Waals surface area contributed by atoms with Gasteiger partial charge in [-0.3, -0.25) is 0 Å². The Kier molecular flexibility index (Phi) is 6.19. The van der Waals surface area contributed by atoms with E-state index < -0.39 is 0 Å². The summed E-state index contributed by atoms with van der Waals surface area (Å²) < 4.78 is 0. The Balaban J connectivity index is 2.02. The first-order valence-electron chi connectivity index (χ1n) is 7.77. The number of benzene rings is 1. The van der Waals surface area contributed by atoms with Crippen LogP contribution in [-0.2, 0) is 6.42 Å². The average Bonchev–Trinajstić information content (AvgIpc) is 2.67. The Morgan fingerprint density at radius 1 is 1.21 bits per heavy atom. The van der Waals surface area contributed by atoms with Gasteiger partial charge in [0.05, 0.1) is 0 Å². The summed E-state index contributed by atoms with van der Waals surface area (Å²) in [7, 11) is 0. The first-order chi connectivity index (χ1) is 9.29. The number of nitrogens with one attached hydrogen (secondary N) is 1. The second-order valence-corrected chi connectivity index (χ2v) is 6.19. The van der Waals surface area contributed by atoms with Crippen LogP contribution in [0.4, 0.5) is 0 Å². The zero-order valence-corrected chi connectivity index (χ0v) is 12.8. The molecule has 2 rings (SSSR count). The van der Waals surface area contributed by atoms with E-state index in [1.165, 1.54) is 44.1 Å². The molecule has 1 atom stereocenters. The molecule has 1 N–H and O–H groups in total. The molecule has 1 aromatic carbocycles. The van der Waals surface area contributed by atoms with Crippen molar-refractivity contribution in [3.63, 3.8) is 0 Å². The van der Waals surface area contributed by atoms with E-state index in [1.807, 2.05) is 6.07 Å². The van der Waals surface area contributed by atoms with Crippen LogP contribution in [0.3, 0.4) is 0 Å². The molecule has 0 amide bonds. The smallest absolute Gasteiger partial charge is 0.0408 e. The van der Waals surface area contributed by atoms with Crippen LogP contribution in [0.25, 0.3) is 0 Å². The molecule has 0 aromatic heterocycles. The second-order valence-electron chi connectivity index (χ2n) is 5.75. The molecule has 1 aromatic rings. The maximum Gasteiger partial charge on any atom is 0.0408 e. The van der Waals surface area contributed by atoms with Gasteiger partial charge in [-0.15, -0.1) is 0 Å². The summed E-state index contributed by atoms with van der Waals surface area (Å²) in [6, 6.07) is 8.95. The van der Waals surface area contributed by atoms with Gasteiger partial charge in [-0.2, -0.15) is 0 Å². The van der Waals surface area contributed by atoms with Gasteiger partial charge >= 0.3 is 0 Å². The lowest BCUT2D eigenvalue weighted by Crippen LogP contribution is -2.37. The van der Waals surface area contributed by atoms with E-state index in [1.54, 1.807) is 0 Å². The largest absolute Gasteiger partial charge is 0.314 e. The number of likely N-dealkylation sites (N-methyl/N-ethyl adjacent to an activating group) is 1. The van der Waals surface area contributed by atoms with E-state index >= 15 is 0 Å². The van der Waals surface area contributed by atoms with Gasteiger partial charge in [0.15, 0.2) is 0 Å². The summed E-state index contributed by atoms with van der Waals surface area (Å²) in [5.41, 5.74) is 1.36. The van der Waals surface area contributed by atoms with Crippen LogP contribution in [0.1, 0.15) is 51.0 Å².